The van der Waals surface area contributed by atoms with Crippen molar-refractivity contribution in [2.75, 3.05) is 0 Å². The van der Waals surface area contributed by atoms with E-state index in [2.05, 4.69) is 84.9 Å². The van der Waals surface area contributed by atoms with E-state index in [9.17, 15) is 0 Å². The molecule has 10 rings (SSSR count). The SMILES string of the molecule is c1ccc(-c2nc(-c3ccccc3)nc(-c3ccc4oc(-c5cccc(-c6ccc7c8ccccc8c8ccccc8c7c6)c5)nc4c3)n2)cc1. The predicted octanol–water partition coefficient (Wildman–Crippen LogP) is 11.8. The zero-order valence-corrected chi connectivity index (χ0v) is 27.4. The molecule has 0 spiro atoms. The first kappa shape index (κ1) is 29.0. The maximum atomic E-state index is 6.33. The van der Waals surface area contributed by atoms with E-state index in [0.29, 0.717) is 28.9 Å². The van der Waals surface area contributed by atoms with Crippen molar-refractivity contribution in [2.45, 2.75) is 0 Å². The van der Waals surface area contributed by atoms with Crippen LogP contribution in [0.25, 0.3) is 100 Å². The molecule has 8 aromatic carbocycles. The molecule has 5 nitrogen and oxygen atoms in total. The summed E-state index contributed by atoms with van der Waals surface area (Å²) in [5, 5.41) is 7.56. The summed E-state index contributed by atoms with van der Waals surface area (Å²) in [6, 6.07) is 58.4. The summed E-state index contributed by atoms with van der Waals surface area (Å²) in [5.74, 6) is 2.37. The number of hydrogen-bond donors (Lipinski definition) is 0. The Bertz CT molecular complexity index is 2820. The zero-order chi connectivity index (χ0) is 33.7. The topological polar surface area (TPSA) is 64.7 Å². The average molecular weight is 653 g/mol. The molecule has 0 N–H and O–H groups in total. The number of oxazole rings is 1. The molecule has 10 aromatic rings. The van der Waals surface area contributed by atoms with Crippen molar-refractivity contribution in [3.63, 3.8) is 0 Å². The maximum absolute atomic E-state index is 6.33. The maximum Gasteiger partial charge on any atom is 0.227 e. The van der Waals surface area contributed by atoms with Gasteiger partial charge in [-0.05, 0) is 79.8 Å². The Hall–Kier alpha value is -6.98. The smallest absolute Gasteiger partial charge is 0.227 e. The van der Waals surface area contributed by atoms with Crippen molar-refractivity contribution in [3.05, 3.63) is 170 Å². The van der Waals surface area contributed by atoms with Crippen LogP contribution in [0.15, 0.2) is 174 Å². The van der Waals surface area contributed by atoms with Crippen LogP contribution in [0.3, 0.4) is 0 Å². The van der Waals surface area contributed by atoms with E-state index in [1.165, 1.54) is 32.3 Å². The van der Waals surface area contributed by atoms with Gasteiger partial charge in [-0.2, -0.15) is 0 Å². The molecule has 2 aromatic heterocycles. The molecule has 0 atom stereocenters. The van der Waals surface area contributed by atoms with E-state index >= 15 is 0 Å². The second-order valence-corrected chi connectivity index (χ2v) is 12.7. The Morgan fingerprint density at radius 1 is 0.294 bits per heavy atom. The van der Waals surface area contributed by atoms with Crippen molar-refractivity contribution in [1.82, 2.24) is 19.9 Å². The van der Waals surface area contributed by atoms with Gasteiger partial charge in [0.2, 0.25) is 5.89 Å². The Morgan fingerprint density at radius 3 is 1.39 bits per heavy atom. The quantitative estimate of drug-likeness (QED) is 0.173. The third-order valence-corrected chi connectivity index (χ3v) is 9.53. The molecule has 0 bridgehead atoms. The van der Waals surface area contributed by atoms with Gasteiger partial charge in [0.15, 0.2) is 23.1 Å². The van der Waals surface area contributed by atoms with Gasteiger partial charge in [-0.25, -0.2) is 19.9 Å². The first-order chi connectivity index (χ1) is 25.2. The lowest BCUT2D eigenvalue weighted by Crippen LogP contribution is -2.00. The molecule has 0 fully saturated rings. The molecular formula is C46H28N4O. The summed E-state index contributed by atoms with van der Waals surface area (Å²) in [5.41, 5.74) is 7.27. The van der Waals surface area contributed by atoms with Crippen LogP contribution >= 0.6 is 0 Å². The predicted molar refractivity (Wildman–Crippen MR) is 207 cm³/mol. The fourth-order valence-electron chi connectivity index (χ4n) is 7.05. The summed E-state index contributed by atoms with van der Waals surface area (Å²) >= 11 is 0. The van der Waals surface area contributed by atoms with Crippen LogP contribution in [0, 0.1) is 0 Å². The van der Waals surface area contributed by atoms with E-state index in [4.69, 9.17) is 24.4 Å². The number of nitrogens with zero attached hydrogens (tertiary/aromatic N) is 4. The summed E-state index contributed by atoms with van der Waals surface area (Å²) in [6.45, 7) is 0. The molecule has 0 aliphatic rings. The van der Waals surface area contributed by atoms with Crippen LogP contribution in [0.1, 0.15) is 0 Å². The number of rotatable bonds is 5. The van der Waals surface area contributed by atoms with Gasteiger partial charge in [0.25, 0.3) is 0 Å². The molecule has 0 unspecified atom stereocenters. The third-order valence-electron chi connectivity index (χ3n) is 9.53. The largest absolute Gasteiger partial charge is 0.436 e. The number of fused-ring (bicyclic) bond motifs is 7. The van der Waals surface area contributed by atoms with Gasteiger partial charge in [-0.15, -0.1) is 0 Å². The monoisotopic (exact) mass is 652 g/mol. The standard InChI is InChI=1S/C46H28N4O/c1-3-12-29(13-4-1)43-48-44(30-14-5-2-6-15-30)50-45(49-43)33-23-25-42-41(28-33)47-46(51-42)34-17-11-16-31(26-34)32-22-24-39-37-20-8-7-18-35(37)36-19-9-10-21-38(36)40(39)27-32/h1-28H. The van der Waals surface area contributed by atoms with Crippen molar-refractivity contribution in [2.24, 2.45) is 0 Å². The lowest BCUT2D eigenvalue weighted by molar-refractivity contribution is 0.620. The first-order valence-electron chi connectivity index (χ1n) is 17.0. The van der Waals surface area contributed by atoms with Crippen molar-refractivity contribution < 1.29 is 4.42 Å². The minimum atomic E-state index is 0.562. The summed E-state index contributed by atoms with van der Waals surface area (Å²) in [7, 11) is 0. The summed E-state index contributed by atoms with van der Waals surface area (Å²) in [6.07, 6.45) is 0. The van der Waals surface area contributed by atoms with Gasteiger partial charge >= 0.3 is 0 Å². The number of benzene rings is 8. The fraction of sp³-hybridized carbons (Fsp3) is 0. The fourth-order valence-corrected chi connectivity index (χ4v) is 7.05. The second-order valence-electron chi connectivity index (χ2n) is 12.7. The summed E-state index contributed by atoms with van der Waals surface area (Å²) < 4.78 is 6.33. The van der Waals surface area contributed by atoms with Gasteiger partial charge in [0.05, 0.1) is 0 Å². The van der Waals surface area contributed by atoms with E-state index in [0.717, 1.165) is 38.9 Å². The Labute approximate surface area is 293 Å². The molecule has 5 heteroatoms. The average Bonchev–Trinajstić information content (AvgIpc) is 3.65. The third kappa shape index (κ3) is 5.11. The van der Waals surface area contributed by atoms with Gasteiger partial charge < -0.3 is 4.42 Å². The molecule has 0 saturated carbocycles. The second kappa shape index (κ2) is 11.9. The molecule has 0 aliphatic carbocycles. The minimum Gasteiger partial charge on any atom is -0.436 e. The van der Waals surface area contributed by atoms with Crippen molar-refractivity contribution >= 4 is 43.4 Å². The Balaban J connectivity index is 1.04. The van der Waals surface area contributed by atoms with E-state index in [1.54, 1.807) is 0 Å². The van der Waals surface area contributed by atoms with Crippen molar-refractivity contribution in [3.8, 4) is 56.7 Å². The van der Waals surface area contributed by atoms with Crippen molar-refractivity contribution in [1.29, 1.82) is 0 Å². The normalized spacial score (nSPS) is 11.5. The van der Waals surface area contributed by atoms with E-state index in [-0.39, 0.29) is 0 Å². The molecule has 238 valence electrons. The number of aromatic nitrogens is 4. The number of hydrogen-bond acceptors (Lipinski definition) is 5. The molecule has 2 heterocycles. The van der Waals surface area contributed by atoms with Crippen LogP contribution in [0.2, 0.25) is 0 Å². The summed E-state index contributed by atoms with van der Waals surface area (Å²) in [4.78, 5) is 19.6. The highest BCUT2D eigenvalue weighted by Gasteiger charge is 2.16. The highest BCUT2D eigenvalue weighted by molar-refractivity contribution is 6.25. The zero-order valence-electron chi connectivity index (χ0n) is 27.4. The van der Waals surface area contributed by atoms with Crippen LogP contribution in [-0.4, -0.2) is 19.9 Å². The van der Waals surface area contributed by atoms with Crippen LogP contribution < -0.4 is 0 Å². The first-order valence-corrected chi connectivity index (χ1v) is 17.0. The highest BCUT2D eigenvalue weighted by atomic mass is 16.3. The lowest BCUT2D eigenvalue weighted by atomic mass is 9.92. The molecule has 51 heavy (non-hydrogen) atoms. The molecule has 0 aliphatic heterocycles. The molecule has 0 amide bonds. The lowest BCUT2D eigenvalue weighted by Gasteiger charge is -2.12. The van der Waals surface area contributed by atoms with E-state index < -0.39 is 0 Å². The van der Waals surface area contributed by atoms with Crippen LogP contribution in [0.5, 0.6) is 0 Å². The molecule has 0 saturated heterocycles. The Morgan fingerprint density at radius 2 is 0.765 bits per heavy atom. The van der Waals surface area contributed by atoms with Gasteiger partial charge in [-0.1, -0.05) is 133 Å². The molecule has 0 radical (unpaired) electrons. The van der Waals surface area contributed by atoms with Crippen LogP contribution in [-0.2, 0) is 0 Å². The molecular weight excluding hydrogens is 625 g/mol. The minimum absolute atomic E-state index is 0.562. The Kier molecular flexibility index (Phi) is 6.74. The van der Waals surface area contributed by atoms with Gasteiger partial charge in [-0.3, -0.25) is 0 Å². The highest BCUT2D eigenvalue weighted by Crippen LogP contribution is 2.38. The van der Waals surface area contributed by atoms with Gasteiger partial charge in [0, 0.05) is 22.3 Å². The van der Waals surface area contributed by atoms with E-state index in [1.807, 2.05) is 84.9 Å². The van der Waals surface area contributed by atoms with Gasteiger partial charge in [0.1, 0.15) is 5.52 Å². The van der Waals surface area contributed by atoms with Crippen LogP contribution in [0.4, 0.5) is 0 Å².